The van der Waals surface area contributed by atoms with Gasteiger partial charge in [-0.1, -0.05) is 35.0 Å². The molecule has 2 aromatic carbocycles. The average Bonchev–Trinajstić information content (AvgIpc) is 3.37. The van der Waals surface area contributed by atoms with Crippen molar-refractivity contribution in [1.29, 1.82) is 0 Å². The van der Waals surface area contributed by atoms with Gasteiger partial charge in [-0.3, -0.25) is 9.69 Å². The summed E-state index contributed by atoms with van der Waals surface area (Å²) >= 11 is 0. The number of benzene rings is 2. The van der Waals surface area contributed by atoms with Gasteiger partial charge in [-0.2, -0.15) is 4.98 Å². The Morgan fingerprint density at radius 3 is 2.57 bits per heavy atom. The number of nitrogens with one attached hydrogen (secondary N) is 1. The zero-order valence-electron chi connectivity index (χ0n) is 20.0. The number of methoxy groups -OCH3 is 2. The highest BCUT2D eigenvalue weighted by Gasteiger charge is 2.45. The number of imide groups is 1. The van der Waals surface area contributed by atoms with E-state index in [0.29, 0.717) is 36.1 Å². The van der Waals surface area contributed by atoms with Crippen LogP contribution < -0.4 is 14.8 Å². The Balaban J connectivity index is 1.28. The first-order valence-electron chi connectivity index (χ1n) is 11.7. The van der Waals surface area contributed by atoms with Gasteiger partial charge in [-0.05, 0) is 49.9 Å². The van der Waals surface area contributed by atoms with Crippen LogP contribution in [0.4, 0.5) is 4.79 Å². The Morgan fingerprint density at radius 2 is 1.83 bits per heavy atom. The van der Waals surface area contributed by atoms with Gasteiger partial charge in [0.1, 0.15) is 0 Å². The van der Waals surface area contributed by atoms with Gasteiger partial charge in [0, 0.05) is 17.5 Å². The summed E-state index contributed by atoms with van der Waals surface area (Å²) in [5.74, 6) is 1.77. The molecule has 1 aromatic heterocycles. The number of aryl methyl sites for hydroxylation is 1. The number of ether oxygens (including phenoxy) is 2. The number of hydrogen-bond acceptors (Lipinski definition) is 7. The number of fused-ring (bicyclic) bond motifs is 1. The number of amides is 3. The van der Waals surface area contributed by atoms with Crippen LogP contribution in [-0.4, -0.2) is 47.2 Å². The molecule has 35 heavy (non-hydrogen) atoms. The first-order chi connectivity index (χ1) is 17.0. The number of carbonyl (C=O) groups excluding carboxylic acids is 2. The summed E-state index contributed by atoms with van der Waals surface area (Å²) < 4.78 is 16.2. The topological polar surface area (TPSA) is 107 Å². The monoisotopic (exact) mass is 476 g/mol. The van der Waals surface area contributed by atoms with Crippen LogP contribution in [0.5, 0.6) is 11.5 Å². The number of nitrogens with zero attached hydrogens (tertiary/aromatic N) is 3. The van der Waals surface area contributed by atoms with Crippen LogP contribution in [0.25, 0.3) is 11.4 Å². The molecule has 5 rings (SSSR count). The molecule has 9 nitrogen and oxygen atoms in total. The van der Waals surface area contributed by atoms with Crippen LogP contribution in [0, 0.1) is 12.8 Å². The Labute approximate surface area is 203 Å². The number of rotatable bonds is 6. The van der Waals surface area contributed by atoms with Crippen molar-refractivity contribution in [2.45, 2.75) is 44.7 Å². The van der Waals surface area contributed by atoms with Crippen molar-refractivity contribution >= 4 is 11.9 Å². The Morgan fingerprint density at radius 1 is 1.06 bits per heavy atom. The molecule has 1 saturated heterocycles. The molecule has 3 amide bonds. The van der Waals surface area contributed by atoms with Gasteiger partial charge in [0.2, 0.25) is 17.6 Å². The minimum absolute atomic E-state index is 0.0330. The Bertz CT molecular complexity index is 1240. The highest BCUT2D eigenvalue weighted by Crippen LogP contribution is 2.39. The molecule has 2 aliphatic rings. The van der Waals surface area contributed by atoms with Gasteiger partial charge in [0.25, 0.3) is 0 Å². The Hall–Kier alpha value is -3.88. The van der Waals surface area contributed by atoms with Gasteiger partial charge in [0.05, 0.1) is 26.7 Å². The molecular weight excluding hydrogens is 448 g/mol. The summed E-state index contributed by atoms with van der Waals surface area (Å²) in [7, 11) is 3.15. The highest BCUT2D eigenvalue weighted by atomic mass is 16.5. The second-order valence-electron chi connectivity index (χ2n) is 9.11. The molecular formula is C26H28N4O5. The lowest BCUT2D eigenvalue weighted by Gasteiger charge is -2.41. The van der Waals surface area contributed by atoms with Crippen molar-refractivity contribution in [3.8, 4) is 22.9 Å². The second kappa shape index (κ2) is 9.40. The molecule has 182 valence electrons. The van der Waals surface area contributed by atoms with Gasteiger partial charge in [0.15, 0.2) is 11.5 Å². The molecule has 3 unspecified atom stereocenters. The minimum atomic E-state index is -0.353. The first-order valence-corrected chi connectivity index (χ1v) is 11.7. The standard InChI is InChI=1S/C26H28N4O5/c1-15-4-6-16(7-5-15)14-30-25(31)19-10-8-18(12-20(19)27-26(30)32)24-28-23(29-35-24)17-9-11-21(33-2)22(13-17)34-3/h4-7,9,11,13,18-20H,8,10,12,14H2,1-3H3,(H,27,32). The fraction of sp³-hybridized carbons (Fsp3) is 0.385. The van der Waals surface area contributed by atoms with E-state index in [-0.39, 0.29) is 36.4 Å². The van der Waals surface area contributed by atoms with Gasteiger partial charge in [-0.15, -0.1) is 0 Å². The van der Waals surface area contributed by atoms with Gasteiger partial charge in [-0.25, -0.2) is 4.79 Å². The van der Waals surface area contributed by atoms with Crippen LogP contribution in [0.3, 0.4) is 0 Å². The van der Waals surface area contributed by atoms with E-state index in [0.717, 1.165) is 23.1 Å². The molecule has 0 bridgehead atoms. The van der Waals surface area contributed by atoms with E-state index >= 15 is 0 Å². The molecule has 0 spiro atoms. The molecule has 1 aliphatic carbocycles. The van der Waals surface area contributed by atoms with Crippen molar-refractivity contribution in [1.82, 2.24) is 20.4 Å². The lowest BCUT2D eigenvalue weighted by atomic mass is 9.76. The van der Waals surface area contributed by atoms with Crippen LogP contribution >= 0.6 is 0 Å². The van der Waals surface area contributed by atoms with Crippen LogP contribution in [0.2, 0.25) is 0 Å². The normalized spacial score (nSPS) is 21.9. The van der Waals surface area contributed by atoms with E-state index in [2.05, 4.69) is 15.5 Å². The molecule has 2 fully saturated rings. The second-order valence-corrected chi connectivity index (χ2v) is 9.11. The minimum Gasteiger partial charge on any atom is -0.493 e. The van der Waals surface area contributed by atoms with E-state index in [1.165, 1.54) is 4.90 Å². The molecule has 1 N–H and O–H groups in total. The fourth-order valence-electron chi connectivity index (χ4n) is 4.91. The summed E-state index contributed by atoms with van der Waals surface area (Å²) in [6, 6.07) is 12.7. The molecule has 1 aliphatic heterocycles. The van der Waals surface area contributed by atoms with E-state index < -0.39 is 0 Å². The molecule has 0 radical (unpaired) electrons. The zero-order valence-corrected chi connectivity index (χ0v) is 20.0. The van der Waals surface area contributed by atoms with Crippen molar-refractivity contribution in [3.63, 3.8) is 0 Å². The zero-order chi connectivity index (χ0) is 24.5. The van der Waals surface area contributed by atoms with Gasteiger partial charge >= 0.3 is 6.03 Å². The van der Waals surface area contributed by atoms with Gasteiger partial charge < -0.3 is 19.3 Å². The third-order valence-electron chi connectivity index (χ3n) is 6.88. The number of carbonyl (C=O) groups is 2. The predicted octanol–water partition coefficient (Wildman–Crippen LogP) is 4.07. The van der Waals surface area contributed by atoms with Crippen molar-refractivity contribution in [3.05, 3.63) is 59.5 Å². The summed E-state index contributed by atoms with van der Waals surface area (Å²) in [5, 5.41) is 7.19. The highest BCUT2D eigenvalue weighted by molar-refractivity contribution is 5.98. The van der Waals surface area contributed by atoms with E-state index in [4.69, 9.17) is 14.0 Å². The summed E-state index contributed by atoms with van der Waals surface area (Å²) in [6.07, 6.45) is 1.95. The predicted molar refractivity (Wildman–Crippen MR) is 127 cm³/mol. The lowest BCUT2D eigenvalue weighted by molar-refractivity contribution is -0.137. The quantitative estimate of drug-likeness (QED) is 0.572. The van der Waals surface area contributed by atoms with Crippen LogP contribution in [0.1, 0.15) is 42.2 Å². The van der Waals surface area contributed by atoms with E-state index in [9.17, 15) is 9.59 Å². The maximum atomic E-state index is 13.2. The maximum absolute atomic E-state index is 13.2. The third-order valence-corrected chi connectivity index (χ3v) is 6.88. The molecule has 3 aromatic rings. The summed E-state index contributed by atoms with van der Waals surface area (Å²) in [6.45, 7) is 2.28. The van der Waals surface area contributed by atoms with E-state index in [1.54, 1.807) is 26.4 Å². The number of aromatic nitrogens is 2. The third kappa shape index (κ3) is 4.45. The molecule has 1 saturated carbocycles. The largest absolute Gasteiger partial charge is 0.493 e. The lowest BCUT2D eigenvalue weighted by Crippen LogP contribution is -2.60. The molecule has 3 atom stereocenters. The smallest absolute Gasteiger partial charge is 0.324 e. The first kappa shape index (κ1) is 22.9. The summed E-state index contributed by atoms with van der Waals surface area (Å²) in [4.78, 5) is 31.9. The van der Waals surface area contributed by atoms with Crippen LogP contribution in [-0.2, 0) is 11.3 Å². The maximum Gasteiger partial charge on any atom is 0.324 e. The molecule has 2 heterocycles. The number of hydrogen-bond donors (Lipinski definition) is 1. The Kier molecular flexibility index (Phi) is 6.15. The summed E-state index contributed by atoms with van der Waals surface area (Å²) in [5.41, 5.74) is 2.82. The van der Waals surface area contributed by atoms with Crippen molar-refractivity contribution in [2.24, 2.45) is 5.92 Å². The fourth-order valence-corrected chi connectivity index (χ4v) is 4.91. The number of urea groups is 1. The van der Waals surface area contributed by atoms with Crippen LogP contribution in [0.15, 0.2) is 47.0 Å². The van der Waals surface area contributed by atoms with Crippen molar-refractivity contribution in [2.75, 3.05) is 14.2 Å². The van der Waals surface area contributed by atoms with Crippen molar-refractivity contribution < 1.29 is 23.6 Å². The average molecular weight is 477 g/mol. The van der Waals surface area contributed by atoms with E-state index in [1.807, 2.05) is 37.3 Å². The molecule has 9 heteroatoms. The SMILES string of the molecule is COc1ccc(-c2noc(C3CCC4C(=O)N(Cc5ccc(C)cc5)C(=O)NC4C3)n2)cc1OC.